The van der Waals surface area contributed by atoms with Crippen molar-refractivity contribution in [2.75, 3.05) is 0 Å². The second-order valence-electron chi connectivity index (χ2n) is 5.48. The topological polar surface area (TPSA) is 133 Å². The molecule has 2 heterocycles. The van der Waals surface area contributed by atoms with Crippen molar-refractivity contribution in [2.45, 2.75) is 13.8 Å². The van der Waals surface area contributed by atoms with E-state index in [9.17, 15) is 4.79 Å². The molecule has 2 aromatic heterocycles. The lowest BCUT2D eigenvalue weighted by atomic mass is 10.0. The van der Waals surface area contributed by atoms with Crippen LogP contribution < -0.4 is 11.5 Å². The number of rotatable bonds is 3. The summed E-state index contributed by atoms with van der Waals surface area (Å²) in [6.07, 6.45) is 1.68. The average Bonchev–Trinajstić information content (AvgIpc) is 3.04. The molecule has 0 fully saturated rings. The van der Waals surface area contributed by atoms with Gasteiger partial charge in [0.15, 0.2) is 5.96 Å². The molecule has 1 aromatic carbocycles. The van der Waals surface area contributed by atoms with Crippen molar-refractivity contribution in [3.63, 3.8) is 0 Å². The fourth-order valence-corrected chi connectivity index (χ4v) is 2.27. The summed E-state index contributed by atoms with van der Waals surface area (Å²) in [5.41, 5.74) is 13.9. The highest BCUT2D eigenvalue weighted by atomic mass is 16.5. The number of aliphatic imine (C=N–C) groups is 1. The van der Waals surface area contributed by atoms with Crippen LogP contribution in [0.5, 0.6) is 0 Å². The third kappa shape index (κ3) is 3.52. The van der Waals surface area contributed by atoms with E-state index in [1.54, 1.807) is 31.3 Å². The number of hydrogen-bond donors (Lipinski definition) is 2. The van der Waals surface area contributed by atoms with Crippen LogP contribution in [-0.4, -0.2) is 27.0 Å². The molecule has 0 saturated heterocycles. The van der Waals surface area contributed by atoms with E-state index in [1.807, 2.05) is 19.1 Å². The first-order valence-corrected chi connectivity index (χ1v) is 7.46. The molecule has 1 amide bonds. The minimum absolute atomic E-state index is 0.275. The van der Waals surface area contributed by atoms with Crippen molar-refractivity contribution in [1.82, 2.24) is 15.1 Å². The summed E-state index contributed by atoms with van der Waals surface area (Å²) in [6, 6.07) is 8.85. The largest absolute Gasteiger partial charge is 0.370 e. The standard InChI is InChI=1S/C17H16N6O2/c1-9-7-11(5-6-13(9)15(24)22-17(18)19)14-21-16(25-23-14)12-4-3-10(2)20-8-12/h3-8H,1-2H3,(H4,18,19,22,24). The van der Waals surface area contributed by atoms with E-state index >= 15 is 0 Å². The van der Waals surface area contributed by atoms with Gasteiger partial charge in [-0.25, -0.2) is 0 Å². The highest BCUT2D eigenvalue weighted by molar-refractivity contribution is 6.03. The van der Waals surface area contributed by atoms with Gasteiger partial charge in [-0.2, -0.15) is 9.98 Å². The van der Waals surface area contributed by atoms with Gasteiger partial charge in [-0.15, -0.1) is 0 Å². The molecule has 4 N–H and O–H groups in total. The number of nitrogens with zero attached hydrogens (tertiary/aromatic N) is 4. The minimum Gasteiger partial charge on any atom is -0.370 e. The van der Waals surface area contributed by atoms with Crippen molar-refractivity contribution in [3.05, 3.63) is 53.3 Å². The number of guanidine groups is 1. The first kappa shape index (κ1) is 16.3. The maximum absolute atomic E-state index is 11.9. The van der Waals surface area contributed by atoms with Gasteiger partial charge < -0.3 is 16.0 Å². The molecule has 126 valence electrons. The Labute approximate surface area is 143 Å². The third-order valence-electron chi connectivity index (χ3n) is 3.53. The van der Waals surface area contributed by atoms with E-state index in [0.717, 1.165) is 11.3 Å². The molecule has 0 bridgehead atoms. The average molecular weight is 336 g/mol. The molecule has 3 aromatic rings. The normalized spacial score (nSPS) is 10.5. The zero-order valence-corrected chi connectivity index (χ0v) is 13.7. The lowest BCUT2D eigenvalue weighted by molar-refractivity contribution is 0.100. The van der Waals surface area contributed by atoms with Crippen LogP contribution in [0.25, 0.3) is 22.8 Å². The van der Waals surface area contributed by atoms with E-state index in [1.165, 1.54) is 0 Å². The molecular weight excluding hydrogens is 320 g/mol. The summed E-state index contributed by atoms with van der Waals surface area (Å²) in [5, 5.41) is 3.98. The summed E-state index contributed by atoms with van der Waals surface area (Å²) in [4.78, 5) is 24.1. The molecule has 3 rings (SSSR count). The van der Waals surface area contributed by atoms with Crippen LogP contribution in [0.3, 0.4) is 0 Å². The zero-order chi connectivity index (χ0) is 18.0. The Hall–Kier alpha value is -3.55. The second-order valence-corrected chi connectivity index (χ2v) is 5.48. The molecule has 0 saturated carbocycles. The second kappa shape index (κ2) is 6.52. The number of hydrogen-bond acceptors (Lipinski definition) is 5. The van der Waals surface area contributed by atoms with Gasteiger partial charge in [-0.05, 0) is 43.7 Å². The van der Waals surface area contributed by atoms with Crippen LogP contribution in [0.2, 0.25) is 0 Å². The number of carbonyl (C=O) groups is 1. The van der Waals surface area contributed by atoms with Gasteiger partial charge in [0.25, 0.3) is 11.8 Å². The predicted octanol–water partition coefficient (Wildman–Crippen LogP) is 1.83. The number of aryl methyl sites for hydroxylation is 2. The van der Waals surface area contributed by atoms with Gasteiger partial charge in [0, 0.05) is 23.0 Å². The summed E-state index contributed by atoms with van der Waals surface area (Å²) in [6.45, 7) is 3.68. The Morgan fingerprint density at radius 2 is 1.88 bits per heavy atom. The van der Waals surface area contributed by atoms with E-state index in [0.29, 0.717) is 28.4 Å². The van der Waals surface area contributed by atoms with Crippen LogP contribution in [0, 0.1) is 13.8 Å². The Kier molecular flexibility index (Phi) is 4.25. The van der Waals surface area contributed by atoms with Crippen LogP contribution in [0.1, 0.15) is 21.6 Å². The fourth-order valence-electron chi connectivity index (χ4n) is 2.27. The van der Waals surface area contributed by atoms with Crippen molar-refractivity contribution in [1.29, 1.82) is 0 Å². The van der Waals surface area contributed by atoms with E-state index in [-0.39, 0.29) is 5.96 Å². The van der Waals surface area contributed by atoms with Gasteiger partial charge in [0.05, 0.1) is 5.56 Å². The number of nitrogens with two attached hydrogens (primary N) is 2. The Morgan fingerprint density at radius 1 is 1.12 bits per heavy atom. The van der Waals surface area contributed by atoms with E-state index in [4.69, 9.17) is 16.0 Å². The lowest BCUT2D eigenvalue weighted by Gasteiger charge is -2.03. The third-order valence-corrected chi connectivity index (χ3v) is 3.53. The smallest absolute Gasteiger partial charge is 0.280 e. The first-order valence-electron chi connectivity index (χ1n) is 7.46. The van der Waals surface area contributed by atoms with Gasteiger partial charge in [0.1, 0.15) is 0 Å². The van der Waals surface area contributed by atoms with E-state index in [2.05, 4.69) is 20.1 Å². The summed E-state index contributed by atoms with van der Waals surface area (Å²) in [7, 11) is 0. The fraction of sp³-hybridized carbons (Fsp3) is 0.118. The van der Waals surface area contributed by atoms with E-state index < -0.39 is 5.91 Å². The summed E-state index contributed by atoms with van der Waals surface area (Å²) in [5.74, 6) is 0.0203. The van der Waals surface area contributed by atoms with Gasteiger partial charge in [-0.3, -0.25) is 9.78 Å². The maximum Gasteiger partial charge on any atom is 0.280 e. The summed E-state index contributed by atoms with van der Waals surface area (Å²) >= 11 is 0. The molecule has 0 aliphatic rings. The van der Waals surface area contributed by atoms with Crippen LogP contribution in [-0.2, 0) is 0 Å². The van der Waals surface area contributed by atoms with Crippen molar-refractivity contribution in [3.8, 4) is 22.8 Å². The molecular formula is C17H16N6O2. The molecule has 0 spiro atoms. The molecule has 0 aliphatic carbocycles. The van der Waals surface area contributed by atoms with Gasteiger partial charge in [-0.1, -0.05) is 11.2 Å². The highest BCUT2D eigenvalue weighted by Crippen LogP contribution is 2.24. The van der Waals surface area contributed by atoms with Gasteiger partial charge >= 0.3 is 0 Å². The molecule has 8 heteroatoms. The predicted molar refractivity (Wildman–Crippen MR) is 92.6 cm³/mol. The van der Waals surface area contributed by atoms with Crippen LogP contribution >= 0.6 is 0 Å². The number of amides is 1. The number of benzene rings is 1. The monoisotopic (exact) mass is 336 g/mol. The van der Waals surface area contributed by atoms with Crippen LogP contribution in [0.4, 0.5) is 0 Å². The molecule has 25 heavy (non-hydrogen) atoms. The number of carbonyl (C=O) groups excluding carboxylic acids is 1. The zero-order valence-electron chi connectivity index (χ0n) is 13.7. The quantitative estimate of drug-likeness (QED) is 0.550. The minimum atomic E-state index is -0.497. The summed E-state index contributed by atoms with van der Waals surface area (Å²) < 4.78 is 5.29. The SMILES string of the molecule is Cc1ccc(-c2nc(-c3ccc(C(=O)N=C(N)N)c(C)c3)no2)cn1. The number of aromatic nitrogens is 3. The molecule has 0 radical (unpaired) electrons. The number of pyridine rings is 1. The maximum atomic E-state index is 11.9. The van der Waals surface area contributed by atoms with Crippen molar-refractivity contribution >= 4 is 11.9 Å². The van der Waals surface area contributed by atoms with Crippen molar-refractivity contribution in [2.24, 2.45) is 16.5 Å². The lowest BCUT2D eigenvalue weighted by Crippen LogP contribution is -2.24. The molecule has 0 unspecified atom stereocenters. The Morgan fingerprint density at radius 3 is 2.52 bits per heavy atom. The first-order chi connectivity index (χ1) is 11.9. The van der Waals surface area contributed by atoms with Gasteiger partial charge in [0.2, 0.25) is 5.82 Å². The van der Waals surface area contributed by atoms with Crippen LogP contribution in [0.15, 0.2) is 46.0 Å². The molecule has 8 nitrogen and oxygen atoms in total. The Balaban J connectivity index is 1.90. The van der Waals surface area contributed by atoms with Crippen molar-refractivity contribution < 1.29 is 9.32 Å². The highest BCUT2D eigenvalue weighted by Gasteiger charge is 2.14. The Bertz CT molecular complexity index is 956. The molecule has 0 atom stereocenters. The molecule has 0 aliphatic heterocycles.